The number of amides is 1. The maximum atomic E-state index is 12.8. The van der Waals surface area contributed by atoms with Crippen molar-refractivity contribution in [1.29, 1.82) is 0 Å². The van der Waals surface area contributed by atoms with Crippen molar-refractivity contribution in [3.05, 3.63) is 28.8 Å². The van der Waals surface area contributed by atoms with E-state index in [2.05, 4.69) is 16.0 Å². The van der Waals surface area contributed by atoms with Crippen molar-refractivity contribution in [2.75, 3.05) is 43.5 Å². The van der Waals surface area contributed by atoms with E-state index in [-0.39, 0.29) is 5.91 Å². The molecule has 7 heteroatoms. The van der Waals surface area contributed by atoms with E-state index in [4.69, 9.17) is 11.6 Å². The molecule has 1 atom stereocenters. The van der Waals surface area contributed by atoms with Gasteiger partial charge in [0.2, 0.25) is 0 Å². The predicted molar refractivity (Wildman–Crippen MR) is 122 cm³/mol. The van der Waals surface area contributed by atoms with Crippen LogP contribution < -0.4 is 16.0 Å². The monoisotopic (exact) mass is 439 g/mol. The van der Waals surface area contributed by atoms with Crippen molar-refractivity contribution >= 4 is 34.0 Å². The van der Waals surface area contributed by atoms with E-state index < -0.39 is 10.8 Å². The number of fused-ring (bicyclic) bond motifs is 2. The summed E-state index contributed by atoms with van der Waals surface area (Å²) in [6, 6.07) is 5.51. The highest BCUT2D eigenvalue weighted by Gasteiger charge is 2.39. The molecule has 2 fully saturated rings. The van der Waals surface area contributed by atoms with Crippen LogP contribution in [0, 0.1) is 11.3 Å². The number of hydrogen-bond donors (Lipinski definition) is 3. The van der Waals surface area contributed by atoms with Gasteiger partial charge < -0.3 is 16.0 Å². The Hall–Kier alpha value is -1.11. The molecule has 5 nitrogen and oxygen atoms in total. The first-order valence-electron chi connectivity index (χ1n) is 10.8. The van der Waals surface area contributed by atoms with Gasteiger partial charge in [0.05, 0.1) is 10.6 Å². The van der Waals surface area contributed by atoms with Crippen molar-refractivity contribution in [2.45, 2.75) is 44.9 Å². The van der Waals surface area contributed by atoms with E-state index >= 15 is 0 Å². The maximum Gasteiger partial charge on any atom is 0.252 e. The Bertz CT molecular complexity index is 718. The molecule has 0 saturated heterocycles. The second-order valence-corrected chi connectivity index (χ2v) is 10.6. The molecule has 3 N–H and O–H groups in total. The SMILES string of the molecule is CS(=O)CCNCCNc1ccc(Cl)c(C(=O)NCC23CCCC(CCC2)C3)c1. The van der Waals surface area contributed by atoms with Crippen molar-refractivity contribution in [3.8, 4) is 0 Å². The van der Waals surface area contributed by atoms with Gasteiger partial charge in [0.15, 0.2) is 0 Å². The number of hydrogen-bond acceptors (Lipinski definition) is 4. The fourth-order valence-electron chi connectivity index (χ4n) is 4.88. The van der Waals surface area contributed by atoms with E-state index in [0.717, 1.165) is 37.8 Å². The summed E-state index contributed by atoms with van der Waals surface area (Å²) in [6.45, 7) is 3.00. The molecule has 1 aromatic carbocycles. The fraction of sp³-hybridized carbons (Fsp3) is 0.682. The molecule has 29 heavy (non-hydrogen) atoms. The molecule has 2 bridgehead atoms. The highest BCUT2D eigenvalue weighted by Crippen LogP contribution is 2.48. The zero-order valence-corrected chi connectivity index (χ0v) is 19.0. The molecule has 2 saturated carbocycles. The van der Waals surface area contributed by atoms with Crippen LogP contribution in [-0.2, 0) is 10.8 Å². The summed E-state index contributed by atoms with van der Waals surface area (Å²) in [6.07, 6.45) is 10.8. The third-order valence-corrected chi connectivity index (χ3v) is 7.50. The molecule has 1 amide bonds. The molecule has 0 aliphatic heterocycles. The van der Waals surface area contributed by atoms with Crippen LogP contribution in [0.1, 0.15) is 55.3 Å². The quantitative estimate of drug-likeness (QED) is 0.485. The molecule has 1 aromatic rings. The second kappa shape index (κ2) is 10.8. The molecule has 0 spiro atoms. The van der Waals surface area contributed by atoms with Crippen LogP contribution in [0.3, 0.4) is 0 Å². The third kappa shape index (κ3) is 6.69. The van der Waals surface area contributed by atoms with Crippen LogP contribution in [0.4, 0.5) is 5.69 Å². The lowest BCUT2D eigenvalue weighted by molar-refractivity contribution is 0.0682. The van der Waals surface area contributed by atoms with Gasteiger partial charge >= 0.3 is 0 Å². The summed E-state index contributed by atoms with van der Waals surface area (Å²) < 4.78 is 11.0. The minimum absolute atomic E-state index is 0.0794. The highest BCUT2D eigenvalue weighted by molar-refractivity contribution is 7.84. The first-order valence-corrected chi connectivity index (χ1v) is 12.9. The smallest absolute Gasteiger partial charge is 0.252 e. The van der Waals surface area contributed by atoms with Gasteiger partial charge in [-0.1, -0.05) is 37.3 Å². The van der Waals surface area contributed by atoms with Crippen LogP contribution in [0.5, 0.6) is 0 Å². The summed E-state index contributed by atoms with van der Waals surface area (Å²) in [5.41, 5.74) is 1.71. The Kier molecular flexibility index (Phi) is 8.39. The Balaban J connectivity index is 1.49. The van der Waals surface area contributed by atoms with Gasteiger partial charge in [-0.05, 0) is 48.8 Å². The van der Waals surface area contributed by atoms with E-state index in [1.165, 1.54) is 44.9 Å². The lowest BCUT2D eigenvalue weighted by atomic mass is 9.62. The van der Waals surface area contributed by atoms with Gasteiger partial charge in [-0.2, -0.15) is 0 Å². The van der Waals surface area contributed by atoms with E-state index in [9.17, 15) is 9.00 Å². The van der Waals surface area contributed by atoms with E-state index in [1.807, 2.05) is 12.1 Å². The largest absolute Gasteiger partial charge is 0.384 e. The van der Waals surface area contributed by atoms with E-state index in [1.54, 1.807) is 12.3 Å². The predicted octanol–water partition coefficient (Wildman–Crippen LogP) is 3.81. The molecule has 3 rings (SSSR count). The van der Waals surface area contributed by atoms with Crippen LogP contribution in [0.25, 0.3) is 0 Å². The number of nitrogens with one attached hydrogen (secondary N) is 3. The Labute approximate surface area is 182 Å². The van der Waals surface area contributed by atoms with Gasteiger partial charge in [0, 0.05) is 54.7 Å². The summed E-state index contributed by atoms with van der Waals surface area (Å²) in [4.78, 5) is 12.8. The summed E-state index contributed by atoms with van der Waals surface area (Å²) >= 11 is 6.32. The number of halogens is 1. The normalized spacial score (nSPS) is 24.7. The van der Waals surface area contributed by atoms with Crippen molar-refractivity contribution in [1.82, 2.24) is 10.6 Å². The molecular formula is C22H34ClN3O2S. The number of carbonyl (C=O) groups excluding carboxylic acids is 1. The number of carbonyl (C=O) groups is 1. The molecule has 2 aliphatic carbocycles. The zero-order chi connectivity index (χ0) is 20.7. The van der Waals surface area contributed by atoms with Gasteiger partial charge in [-0.15, -0.1) is 0 Å². The lowest BCUT2D eigenvalue weighted by Crippen LogP contribution is -2.43. The fourth-order valence-corrected chi connectivity index (χ4v) is 5.51. The lowest BCUT2D eigenvalue weighted by Gasteiger charge is -2.45. The van der Waals surface area contributed by atoms with Crippen LogP contribution in [0.2, 0.25) is 5.02 Å². The molecule has 2 aliphatic rings. The average molecular weight is 440 g/mol. The summed E-state index contributed by atoms with van der Waals surface area (Å²) in [5.74, 6) is 1.44. The Morgan fingerprint density at radius 1 is 1.21 bits per heavy atom. The second-order valence-electron chi connectivity index (χ2n) is 8.69. The van der Waals surface area contributed by atoms with Crippen LogP contribution >= 0.6 is 11.6 Å². The summed E-state index contributed by atoms with van der Waals surface area (Å²) in [5, 5.41) is 10.2. The van der Waals surface area contributed by atoms with Crippen LogP contribution in [0.15, 0.2) is 18.2 Å². The number of rotatable bonds is 10. The average Bonchev–Trinajstić information content (AvgIpc) is 2.70. The molecule has 1 unspecified atom stereocenters. The first-order chi connectivity index (χ1) is 14.0. The van der Waals surface area contributed by atoms with E-state index in [0.29, 0.717) is 21.8 Å². The number of anilines is 1. The standard InChI is InChI=1S/C22H34ClN3O2S/c1-29(28)13-12-24-10-11-25-18-6-7-20(23)19(14-18)21(27)26-16-22-8-2-4-17(15-22)5-3-9-22/h6-7,14,17,24-25H,2-5,8-13,15-16H2,1H3,(H,26,27). The Morgan fingerprint density at radius 3 is 2.69 bits per heavy atom. The van der Waals surface area contributed by atoms with Crippen LogP contribution in [-0.4, -0.2) is 48.3 Å². The van der Waals surface area contributed by atoms with Crippen molar-refractivity contribution in [3.63, 3.8) is 0 Å². The molecule has 0 aromatic heterocycles. The Morgan fingerprint density at radius 2 is 1.97 bits per heavy atom. The minimum atomic E-state index is -0.767. The van der Waals surface area contributed by atoms with Gasteiger partial charge in [-0.3, -0.25) is 9.00 Å². The minimum Gasteiger partial charge on any atom is -0.384 e. The first kappa shape index (κ1) is 22.6. The van der Waals surface area contributed by atoms with Gasteiger partial charge in [0.1, 0.15) is 0 Å². The molecular weight excluding hydrogens is 406 g/mol. The van der Waals surface area contributed by atoms with Gasteiger partial charge in [-0.25, -0.2) is 0 Å². The molecule has 0 radical (unpaired) electrons. The maximum absolute atomic E-state index is 12.8. The summed E-state index contributed by atoms with van der Waals surface area (Å²) in [7, 11) is -0.767. The van der Waals surface area contributed by atoms with Gasteiger partial charge in [0.25, 0.3) is 5.91 Å². The topological polar surface area (TPSA) is 70.2 Å². The third-order valence-electron chi connectivity index (χ3n) is 6.39. The number of benzene rings is 1. The zero-order valence-electron chi connectivity index (χ0n) is 17.4. The van der Waals surface area contributed by atoms with Crippen molar-refractivity contribution < 1.29 is 9.00 Å². The molecule has 162 valence electrons. The van der Waals surface area contributed by atoms with Crippen molar-refractivity contribution in [2.24, 2.45) is 11.3 Å². The highest BCUT2D eigenvalue weighted by atomic mass is 35.5. The molecule has 0 heterocycles.